The maximum Gasteiger partial charge on any atom is 0.0126 e. The van der Waals surface area contributed by atoms with Gasteiger partial charge in [-0.2, -0.15) is 0 Å². The normalized spacial score (nSPS) is 29.4. The molecule has 0 aromatic heterocycles. The fourth-order valence-corrected chi connectivity index (χ4v) is 6.60. The standard InChI is InChI=1S/C26H50N4/c1-24(2,3)29-17-15-27(16-18-29)19-22-9-13-28(14-10-22)23-7-11-26(12-8-23)20-30(21-26)25(4,5)6/h22-23H,7-21H2,1-6H3. The van der Waals surface area contributed by atoms with E-state index in [1.807, 2.05) is 0 Å². The minimum Gasteiger partial charge on any atom is -0.301 e. The second-order valence-electron chi connectivity index (χ2n) is 13.2. The third-order valence-corrected chi connectivity index (χ3v) is 9.02. The summed E-state index contributed by atoms with van der Waals surface area (Å²) < 4.78 is 0. The minimum atomic E-state index is 0.334. The molecule has 4 aliphatic rings. The zero-order chi connectivity index (χ0) is 21.6. The van der Waals surface area contributed by atoms with Crippen LogP contribution in [0.5, 0.6) is 0 Å². The largest absolute Gasteiger partial charge is 0.301 e. The van der Waals surface area contributed by atoms with Gasteiger partial charge in [-0.25, -0.2) is 0 Å². The van der Waals surface area contributed by atoms with Crippen LogP contribution in [0.2, 0.25) is 0 Å². The molecule has 0 radical (unpaired) electrons. The van der Waals surface area contributed by atoms with Crippen LogP contribution in [0.1, 0.15) is 80.1 Å². The van der Waals surface area contributed by atoms with E-state index in [0.29, 0.717) is 16.5 Å². The minimum absolute atomic E-state index is 0.334. The Morgan fingerprint density at radius 2 is 1.20 bits per heavy atom. The van der Waals surface area contributed by atoms with Gasteiger partial charge in [0.25, 0.3) is 0 Å². The molecule has 0 aromatic carbocycles. The fraction of sp³-hybridized carbons (Fsp3) is 1.00. The molecule has 174 valence electrons. The number of hydrogen-bond acceptors (Lipinski definition) is 4. The number of piperidine rings is 1. The van der Waals surface area contributed by atoms with Crippen LogP contribution in [0, 0.1) is 11.3 Å². The van der Waals surface area contributed by atoms with E-state index in [-0.39, 0.29) is 0 Å². The van der Waals surface area contributed by atoms with Crippen LogP contribution in [-0.2, 0) is 0 Å². The van der Waals surface area contributed by atoms with E-state index in [9.17, 15) is 0 Å². The van der Waals surface area contributed by atoms with Crippen LogP contribution in [0.25, 0.3) is 0 Å². The Hall–Kier alpha value is -0.160. The number of hydrogen-bond donors (Lipinski definition) is 0. The molecule has 3 heterocycles. The Kier molecular flexibility index (Phi) is 6.63. The summed E-state index contributed by atoms with van der Waals surface area (Å²) in [6.45, 7) is 26.0. The summed E-state index contributed by atoms with van der Waals surface area (Å²) in [4.78, 5) is 11.0. The van der Waals surface area contributed by atoms with Crippen LogP contribution >= 0.6 is 0 Å². The lowest BCUT2D eigenvalue weighted by Crippen LogP contribution is -2.64. The summed E-state index contributed by atoms with van der Waals surface area (Å²) >= 11 is 0. The maximum absolute atomic E-state index is 2.88. The molecule has 0 aromatic rings. The van der Waals surface area contributed by atoms with Crippen molar-refractivity contribution in [1.29, 1.82) is 0 Å². The highest BCUT2D eigenvalue weighted by Crippen LogP contribution is 2.47. The third-order valence-electron chi connectivity index (χ3n) is 9.02. The number of rotatable bonds is 3. The van der Waals surface area contributed by atoms with Gasteiger partial charge in [0.15, 0.2) is 0 Å². The molecule has 4 fully saturated rings. The zero-order valence-electron chi connectivity index (χ0n) is 21.1. The molecule has 4 nitrogen and oxygen atoms in total. The molecule has 4 heteroatoms. The molecule has 4 rings (SSSR count). The predicted octanol–water partition coefficient (Wildman–Crippen LogP) is 4.16. The van der Waals surface area contributed by atoms with Crippen molar-refractivity contribution >= 4 is 0 Å². The summed E-state index contributed by atoms with van der Waals surface area (Å²) in [5.41, 5.74) is 1.38. The van der Waals surface area contributed by atoms with Crippen LogP contribution < -0.4 is 0 Å². The molecule has 1 saturated carbocycles. The molecule has 0 atom stereocenters. The van der Waals surface area contributed by atoms with Crippen molar-refractivity contribution in [1.82, 2.24) is 19.6 Å². The third kappa shape index (κ3) is 5.24. The van der Waals surface area contributed by atoms with Crippen LogP contribution in [0.15, 0.2) is 0 Å². The van der Waals surface area contributed by atoms with Gasteiger partial charge >= 0.3 is 0 Å². The van der Waals surface area contributed by atoms with Crippen LogP contribution in [-0.4, -0.2) is 95.6 Å². The second-order valence-corrected chi connectivity index (χ2v) is 13.2. The lowest BCUT2D eigenvalue weighted by molar-refractivity contribution is -0.0903. The highest BCUT2D eigenvalue weighted by Gasteiger charge is 2.48. The summed E-state index contributed by atoms with van der Waals surface area (Å²) in [6.07, 6.45) is 8.72. The van der Waals surface area contributed by atoms with E-state index in [1.165, 1.54) is 97.4 Å². The van der Waals surface area contributed by atoms with Crippen LogP contribution in [0.3, 0.4) is 0 Å². The number of piperazine rings is 1. The Balaban J connectivity index is 1.14. The van der Waals surface area contributed by atoms with Gasteiger partial charge in [-0.05, 0) is 104 Å². The molecule has 0 bridgehead atoms. The lowest BCUT2D eigenvalue weighted by Gasteiger charge is -2.59. The maximum atomic E-state index is 2.88. The zero-order valence-corrected chi connectivity index (χ0v) is 21.1. The topological polar surface area (TPSA) is 13.0 Å². The van der Waals surface area contributed by atoms with E-state index in [1.54, 1.807) is 0 Å². The van der Waals surface area contributed by atoms with E-state index in [4.69, 9.17) is 0 Å². The van der Waals surface area contributed by atoms with Crippen molar-refractivity contribution < 1.29 is 0 Å². The molecule has 1 aliphatic carbocycles. The Morgan fingerprint density at radius 3 is 1.70 bits per heavy atom. The van der Waals surface area contributed by atoms with Gasteiger partial charge < -0.3 is 9.80 Å². The lowest BCUT2D eigenvalue weighted by atomic mass is 9.66. The summed E-state index contributed by atoms with van der Waals surface area (Å²) in [6, 6.07) is 0.885. The van der Waals surface area contributed by atoms with Crippen LogP contribution in [0.4, 0.5) is 0 Å². The molecular formula is C26H50N4. The first-order chi connectivity index (χ1) is 14.0. The van der Waals surface area contributed by atoms with Gasteiger partial charge in [0.05, 0.1) is 0 Å². The smallest absolute Gasteiger partial charge is 0.0126 e. The first-order valence-electron chi connectivity index (χ1n) is 13.0. The van der Waals surface area contributed by atoms with E-state index in [0.717, 1.165) is 12.0 Å². The second kappa shape index (κ2) is 8.65. The van der Waals surface area contributed by atoms with Gasteiger partial charge in [-0.15, -0.1) is 0 Å². The van der Waals surface area contributed by atoms with Gasteiger partial charge in [0.2, 0.25) is 0 Å². The van der Waals surface area contributed by atoms with Crippen molar-refractivity contribution in [2.24, 2.45) is 11.3 Å². The van der Waals surface area contributed by atoms with Gasteiger partial charge in [0.1, 0.15) is 0 Å². The quantitative estimate of drug-likeness (QED) is 0.682. The van der Waals surface area contributed by atoms with Gasteiger partial charge in [-0.3, -0.25) is 9.80 Å². The number of likely N-dealkylation sites (tertiary alicyclic amines) is 2. The molecule has 30 heavy (non-hydrogen) atoms. The SMILES string of the molecule is CC(C)(C)N1CCN(CC2CCN(C3CCC4(CC3)CN(C(C)(C)C)C4)CC2)CC1. The average Bonchev–Trinajstić information content (AvgIpc) is 2.66. The molecule has 3 aliphatic heterocycles. The van der Waals surface area contributed by atoms with Gasteiger partial charge in [0, 0.05) is 62.9 Å². The summed E-state index contributed by atoms with van der Waals surface area (Å²) in [5.74, 6) is 0.935. The molecular weight excluding hydrogens is 368 g/mol. The summed E-state index contributed by atoms with van der Waals surface area (Å²) in [5, 5.41) is 0. The highest BCUT2D eigenvalue weighted by molar-refractivity contribution is 5.02. The molecule has 0 N–H and O–H groups in total. The van der Waals surface area contributed by atoms with Crippen molar-refractivity contribution in [3.8, 4) is 0 Å². The van der Waals surface area contributed by atoms with Crippen molar-refractivity contribution in [3.05, 3.63) is 0 Å². The van der Waals surface area contributed by atoms with Crippen molar-refractivity contribution in [3.63, 3.8) is 0 Å². The average molecular weight is 419 g/mol. The first kappa shape index (κ1) is 23.0. The molecule has 0 amide bonds. The van der Waals surface area contributed by atoms with E-state index < -0.39 is 0 Å². The highest BCUT2D eigenvalue weighted by atomic mass is 15.3. The molecule has 3 saturated heterocycles. The molecule has 0 unspecified atom stereocenters. The van der Waals surface area contributed by atoms with E-state index >= 15 is 0 Å². The van der Waals surface area contributed by atoms with Crippen molar-refractivity contribution in [2.75, 3.05) is 58.9 Å². The van der Waals surface area contributed by atoms with Crippen molar-refractivity contribution in [2.45, 2.75) is 97.2 Å². The fourth-order valence-electron chi connectivity index (χ4n) is 6.60. The Labute approximate surface area is 187 Å². The van der Waals surface area contributed by atoms with Gasteiger partial charge in [-0.1, -0.05) is 0 Å². The van der Waals surface area contributed by atoms with E-state index in [2.05, 4.69) is 61.1 Å². The molecule has 1 spiro atoms. The first-order valence-corrected chi connectivity index (χ1v) is 13.0. The summed E-state index contributed by atoms with van der Waals surface area (Å²) in [7, 11) is 0. The monoisotopic (exact) mass is 418 g/mol. The predicted molar refractivity (Wildman–Crippen MR) is 128 cm³/mol. The Bertz CT molecular complexity index is 543. The Morgan fingerprint density at radius 1 is 0.667 bits per heavy atom. The number of nitrogens with zero attached hydrogens (tertiary/aromatic N) is 4.